The molecule has 0 spiro atoms. The van der Waals surface area contributed by atoms with Gasteiger partial charge in [0.25, 0.3) is 0 Å². The molecule has 2 heterocycles. The zero-order valence-electron chi connectivity index (χ0n) is 18.1. The van der Waals surface area contributed by atoms with Crippen molar-refractivity contribution >= 4 is 55.2 Å². The average Bonchev–Trinajstić information content (AvgIpc) is 3.22. The Kier molecular flexibility index (Phi) is 4.20. The predicted molar refractivity (Wildman–Crippen MR) is 142 cm³/mol. The highest BCUT2D eigenvalue weighted by atomic mass is 35.5. The molecule has 7 aromatic rings. The van der Waals surface area contributed by atoms with Gasteiger partial charge in [-0.3, -0.25) is 4.57 Å². The van der Waals surface area contributed by atoms with E-state index < -0.39 is 0 Å². The van der Waals surface area contributed by atoms with Gasteiger partial charge in [0.1, 0.15) is 5.69 Å². The van der Waals surface area contributed by atoms with Crippen molar-refractivity contribution in [3.05, 3.63) is 114 Å². The molecule has 0 fully saturated rings. The molecule has 0 aliphatic carbocycles. The van der Waals surface area contributed by atoms with Gasteiger partial charge in [0.2, 0.25) is 0 Å². The lowest BCUT2D eigenvalue weighted by atomic mass is 10.0. The molecule has 34 heavy (non-hydrogen) atoms. The SMILES string of the molecule is Clc1ccc2c3c4ccccc4ccc3n(-c3nc4ccccc4nc3-c3ccccc3)c2c1. The Bertz CT molecular complexity index is 1870. The van der Waals surface area contributed by atoms with E-state index in [2.05, 4.69) is 59.2 Å². The minimum atomic E-state index is 0.691. The Balaban J connectivity index is 1.70. The van der Waals surface area contributed by atoms with E-state index in [1.54, 1.807) is 0 Å². The molecule has 0 N–H and O–H groups in total. The molecule has 4 heteroatoms. The summed E-state index contributed by atoms with van der Waals surface area (Å²) in [6.45, 7) is 0. The van der Waals surface area contributed by atoms with Crippen molar-refractivity contribution in [3.63, 3.8) is 0 Å². The first-order chi connectivity index (χ1) is 16.8. The van der Waals surface area contributed by atoms with Crippen LogP contribution in [0.4, 0.5) is 0 Å². The van der Waals surface area contributed by atoms with E-state index >= 15 is 0 Å². The number of hydrogen-bond donors (Lipinski definition) is 0. The Morgan fingerprint density at radius 3 is 2.18 bits per heavy atom. The third kappa shape index (κ3) is 2.84. The summed E-state index contributed by atoms with van der Waals surface area (Å²) < 4.78 is 2.21. The number of fused-ring (bicyclic) bond motifs is 6. The van der Waals surface area contributed by atoms with Gasteiger partial charge in [-0.05, 0) is 41.1 Å². The van der Waals surface area contributed by atoms with Crippen LogP contribution >= 0.6 is 11.6 Å². The van der Waals surface area contributed by atoms with Crippen molar-refractivity contribution in [2.24, 2.45) is 0 Å². The minimum absolute atomic E-state index is 0.691. The second kappa shape index (κ2) is 7.41. The van der Waals surface area contributed by atoms with Gasteiger partial charge in [-0.1, -0.05) is 90.5 Å². The van der Waals surface area contributed by atoms with Crippen LogP contribution in [0.5, 0.6) is 0 Å². The highest BCUT2D eigenvalue weighted by Crippen LogP contribution is 2.39. The zero-order chi connectivity index (χ0) is 22.6. The molecular weight excluding hydrogens is 438 g/mol. The largest absolute Gasteiger partial charge is 0.292 e. The molecule has 5 aromatic carbocycles. The molecule has 7 rings (SSSR count). The summed E-state index contributed by atoms with van der Waals surface area (Å²) in [5.74, 6) is 0.794. The van der Waals surface area contributed by atoms with Crippen molar-refractivity contribution in [1.29, 1.82) is 0 Å². The molecule has 0 amide bonds. The van der Waals surface area contributed by atoms with Gasteiger partial charge in [0.15, 0.2) is 5.82 Å². The fourth-order valence-electron chi connectivity index (χ4n) is 4.92. The number of aromatic nitrogens is 3. The van der Waals surface area contributed by atoms with Crippen LogP contribution in [-0.4, -0.2) is 14.5 Å². The summed E-state index contributed by atoms with van der Waals surface area (Å²) in [5, 5.41) is 5.44. The Morgan fingerprint density at radius 2 is 1.32 bits per heavy atom. The molecule has 0 saturated heterocycles. The standard InChI is InChI=1S/C30H18ClN3/c31-21-15-16-23-27(18-21)34(26-17-14-19-8-4-5-11-22(19)28(23)26)30-29(20-9-2-1-3-10-20)32-24-12-6-7-13-25(24)33-30/h1-18H. The van der Waals surface area contributed by atoms with E-state index in [1.807, 2.05) is 54.6 Å². The molecule has 0 bridgehead atoms. The number of hydrogen-bond acceptors (Lipinski definition) is 2. The predicted octanol–water partition coefficient (Wildman–Crippen LogP) is 8.20. The topological polar surface area (TPSA) is 30.7 Å². The average molecular weight is 456 g/mol. The Morgan fingerprint density at radius 1 is 0.588 bits per heavy atom. The highest BCUT2D eigenvalue weighted by Gasteiger charge is 2.20. The van der Waals surface area contributed by atoms with Crippen LogP contribution in [0.3, 0.4) is 0 Å². The lowest BCUT2D eigenvalue weighted by Gasteiger charge is -2.14. The van der Waals surface area contributed by atoms with Gasteiger partial charge in [-0.25, -0.2) is 9.97 Å². The van der Waals surface area contributed by atoms with Crippen molar-refractivity contribution in [3.8, 4) is 17.1 Å². The number of rotatable bonds is 2. The highest BCUT2D eigenvalue weighted by molar-refractivity contribution is 6.32. The molecule has 2 aromatic heterocycles. The smallest absolute Gasteiger partial charge is 0.165 e. The second-order valence-corrected chi connectivity index (χ2v) is 8.86. The lowest BCUT2D eigenvalue weighted by Crippen LogP contribution is -2.03. The van der Waals surface area contributed by atoms with E-state index in [-0.39, 0.29) is 0 Å². The fraction of sp³-hybridized carbons (Fsp3) is 0. The fourth-order valence-corrected chi connectivity index (χ4v) is 5.09. The first-order valence-electron chi connectivity index (χ1n) is 11.2. The van der Waals surface area contributed by atoms with Gasteiger partial charge >= 0.3 is 0 Å². The molecule has 0 atom stereocenters. The number of benzene rings is 5. The summed E-state index contributed by atoms with van der Waals surface area (Å²) in [5.41, 5.74) is 5.68. The Labute approximate surface area is 200 Å². The van der Waals surface area contributed by atoms with Gasteiger partial charge in [-0.2, -0.15) is 0 Å². The second-order valence-electron chi connectivity index (χ2n) is 8.43. The third-order valence-electron chi connectivity index (χ3n) is 6.43. The van der Waals surface area contributed by atoms with E-state index in [4.69, 9.17) is 21.6 Å². The number of nitrogens with zero attached hydrogens (tertiary/aromatic N) is 3. The summed E-state index contributed by atoms with van der Waals surface area (Å²) in [7, 11) is 0. The van der Waals surface area contributed by atoms with Gasteiger partial charge in [0, 0.05) is 21.4 Å². The van der Waals surface area contributed by atoms with Crippen LogP contribution in [0.25, 0.3) is 60.7 Å². The van der Waals surface area contributed by atoms with Crippen molar-refractivity contribution in [1.82, 2.24) is 14.5 Å². The first kappa shape index (κ1) is 19.3. The number of para-hydroxylation sites is 2. The molecule has 0 radical (unpaired) electrons. The molecule has 3 nitrogen and oxygen atoms in total. The molecule has 0 unspecified atom stereocenters. The van der Waals surface area contributed by atoms with E-state index in [0.29, 0.717) is 5.02 Å². The molecule has 0 aliphatic rings. The van der Waals surface area contributed by atoms with Crippen molar-refractivity contribution in [2.45, 2.75) is 0 Å². The molecule has 160 valence electrons. The van der Waals surface area contributed by atoms with Crippen LogP contribution in [-0.2, 0) is 0 Å². The number of halogens is 1. The van der Waals surface area contributed by atoms with E-state index in [9.17, 15) is 0 Å². The minimum Gasteiger partial charge on any atom is -0.292 e. The molecular formula is C30H18ClN3. The van der Waals surface area contributed by atoms with Crippen LogP contribution in [0.2, 0.25) is 5.02 Å². The maximum Gasteiger partial charge on any atom is 0.165 e. The maximum atomic E-state index is 6.53. The first-order valence-corrected chi connectivity index (χ1v) is 11.6. The van der Waals surface area contributed by atoms with E-state index in [0.717, 1.165) is 44.5 Å². The Hall–Kier alpha value is -4.21. The van der Waals surface area contributed by atoms with Gasteiger partial charge in [0.05, 0.1) is 22.1 Å². The van der Waals surface area contributed by atoms with Crippen LogP contribution in [0.15, 0.2) is 109 Å². The maximum absolute atomic E-state index is 6.53. The third-order valence-corrected chi connectivity index (χ3v) is 6.66. The molecule has 0 saturated carbocycles. The van der Waals surface area contributed by atoms with Gasteiger partial charge in [-0.15, -0.1) is 0 Å². The van der Waals surface area contributed by atoms with E-state index in [1.165, 1.54) is 16.2 Å². The lowest BCUT2D eigenvalue weighted by molar-refractivity contribution is 1.08. The monoisotopic (exact) mass is 455 g/mol. The van der Waals surface area contributed by atoms with Gasteiger partial charge < -0.3 is 0 Å². The van der Waals surface area contributed by atoms with Crippen molar-refractivity contribution < 1.29 is 0 Å². The van der Waals surface area contributed by atoms with Crippen LogP contribution in [0, 0.1) is 0 Å². The van der Waals surface area contributed by atoms with Crippen LogP contribution < -0.4 is 0 Å². The normalized spacial score (nSPS) is 11.7. The summed E-state index contributed by atoms with van der Waals surface area (Å²) in [4.78, 5) is 10.2. The zero-order valence-corrected chi connectivity index (χ0v) is 18.9. The molecule has 0 aliphatic heterocycles. The summed E-state index contributed by atoms with van der Waals surface area (Å²) >= 11 is 6.53. The van der Waals surface area contributed by atoms with Crippen molar-refractivity contribution in [2.75, 3.05) is 0 Å². The summed E-state index contributed by atoms with van der Waals surface area (Å²) in [6.07, 6.45) is 0. The quantitative estimate of drug-likeness (QED) is 0.263. The summed E-state index contributed by atoms with van der Waals surface area (Å²) in [6, 6.07) is 37.2. The van der Waals surface area contributed by atoms with Crippen LogP contribution in [0.1, 0.15) is 0 Å².